The van der Waals surface area contributed by atoms with Gasteiger partial charge in [-0.05, 0) is 18.2 Å². The minimum atomic E-state index is -0.126. The summed E-state index contributed by atoms with van der Waals surface area (Å²) in [5, 5.41) is 4.27. The predicted octanol–water partition coefficient (Wildman–Crippen LogP) is 1.15. The topological polar surface area (TPSA) is 70.9 Å². The molecule has 0 atom stereocenters. The Hall–Kier alpha value is -1.97. The highest BCUT2D eigenvalue weighted by Crippen LogP contribution is 2.19. The standard InChI is InChI=1S/C10H11N3O/c1-12-9-5-7-6(10(14)13-9)3-2-4-8(7)11/h2-5H,11H2,1H3,(H2,12,13,14). The summed E-state index contributed by atoms with van der Waals surface area (Å²) >= 11 is 0. The van der Waals surface area contributed by atoms with Crippen LogP contribution < -0.4 is 16.6 Å². The molecule has 1 heterocycles. The summed E-state index contributed by atoms with van der Waals surface area (Å²) in [5.41, 5.74) is 6.26. The number of H-pyrrole nitrogens is 1. The van der Waals surface area contributed by atoms with Crippen LogP contribution in [0.4, 0.5) is 11.5 Å². The normalized spacial score (nSPS) is 10.4. The third kappa shape index (κ3) is 1.21. The van der Waals surface area contributed by atoms with Gasteiger partial charge in [0.05, 0.1) is 0 Å². The first-order valence-corrected chi connectivity index (χ1v) is 4.31. The van der Waals surface area contributed by atoms with Gasteiger partial charge in [-0.2, -0.15) is 0 Å². The van der Waals surface area contributed by atoms with Crippen molar-refractivity contribution in [1.82, 2.24) is 4.98 Å². The number of nitrogens with two attached hydrogens (primary N) is 1. The summed E-state index contributed by atoms with van der Waals surface area (Å²) < 4.78 is 0. The van der Waals surface area contributed by atoms with E-state index in [1.807, 2.05) is 6.07 Å². The lowest BCUT2D eigenvalue weighted by atomic mass is 10.1. The third-order valence-corrected chi connectivity index (χ3v) is 2.19. The smallest absolute Gasteiger partial charge is 0.257 e. The monoisotopic (exact) mass is 189 g/mol. The summed E-state index contributed by atoms with van der Waals surface area (Å²) in [7, 11) is 1.75. The van der Waals surface area contributed by atoms with Crippen molar-refractivity contribution in [3.05, 3.63) is 34.6 Å². The zero-order valence-electron chi connectivity index (χ0n) is 7.79. The molecule has 1 aromatic carbocycles. The first-order valence-electron chi connectivity index (χ1n) is 4.31. The van der Waals surface area contributed by atoms with Gasteiger partial charge >= 0.3 is 0 Å². The maximum Gasteiger partial charge on any atom is 0.257 e. The molecule has 72 valence electrons. The summed E-state index contributed by atoms with van der Waals surface area (Å²) in [4.78, 5) is 14.3. The number of fused-ring (bicyclic) bond motifs is 1. The number of benzene rings is 1. The summed E-state index contributed by atoms with van der Waals surface area (Å²) in [6, 6.07) is 7.13. The average molecular weight is 189 g/mol. The van der Waals surface area contributed by atoms with E-state index >= 15 is 0 Å². The molecule has 0 radical (unpaired) electrons. The molecule has 0 bridgehead atoms. The number of pyridine rings is 1. The summed E-state index contributed by atoms with van der Waals surface area (Å²) in [6.45, 7) is 0. The fraction of sp³-hybridized carbons (Fsp3) is 0.100. The molecule has 4 heteroatoms. The van der Waals surface area contributed by atoms with E-state index in [0.717, 1.165) is 5.39 Å². The number of hydrogen-bond donors (Lipinski definition) is 3. The van der Waals surface area contributed by atoms with Crippen LogP contribution in [0.3, 0.4) is 0 Å². The van der Waals surface area contributed by atoms with Crippen molar-refractivity contribution in [3.63, 3.8) is 0 Å². The lowest BCUT2D eigenvalue weighted by Crippen LogP contribution is -2.09. The van der Waals surface area contributed by atoms with Gasteiger partial charge in [-0.25, -0.2) is 0 Å². The van der Waals surface area contributed by atoms with Gasteiger partial charge < -0.3 is 16.0 Å². The molecule has 2 aromatic rings. The third-order valence-electron chi connectivity index (χ3n) is 2.19. The van der Waals surface area contributed by atoms with E-state index in [1.54, 1.807) is 25.2 Å². The Balaban J connectivity index is 2.91. The van der Waals surface area contributed by atoms with Gasteiger partial charge in [0, 0.05) is 23.5 Å². The number of aromatic amines is 1. The van der Waals surface area contributed by atoms with Crippen LogP contribution >= 0.6 is 0 Å². The fourth-order valence-corrected chi connectivity index (χ4v) is 1.45. The van der Waals surface area contributed by atoms with E-state index in [4.69, 9.17) is 5.73 Å². The van der Waals surface area contributed by atoms with Gasteiger partial charge in [0.1, 0.15) is 5.82 Å². The van der Waals surface area contributed by atoms with Crippen LogP contribution in [-0.2, 0) is 0 Å². The van der Waals surface area contributed by atoms with Crippen LogP contribution in [0.2, 0.25) is 0 Å². The van der Waals surface area contributed by atoms with Gasteiger partial charge in [-0.15, -0.1) is 0 Å². The lowest BCUT2D eigenvalue weighted by Gasteiger charge is -2.04. The van der Waals surface area contributed by atoms with E-state index in [-0.39, 0.29) is 5.56 Å². The maximum absolute atomic E-state index is 11.6. The van der Waals surface area contributed by atoms with Gasteiger partial charge in [0.15, 0.2) is 0 Å². The number of rotatable bonds is 1. The van der Waals surface area contributed by atoms with Gasteiger partial charge in [0.2, 0.25) is 0 Å². The Morgan fingerprint density at radius 2 is 2.14 bits per heavy atom. The molecule has 0 aliphatic rings. The van der Waals surface area contributed by atoms with Crippen LogP contribution in [-0.4, -0.2) is 12.0 Å². The van der Waals surface area contributed by atoms with E-state index in [9.17, 15) is 4.79 Å². The number of nitrogens with one attached hydrogen (secondary N) is 2. The maximum atomic E-state index is 11.6. The molecule has 2 rings (SSSR count). The van der Waals surface area contributed by atoms with E-state index in [0.29, 0.717) is 16.9 Å². The van der Waals surface area contributed by atoms with E-state index < -0.39 is 0 Å². The van der Waals surface area contributed by atoms with Crippen LogP contribution in [0.15, 0.2) is 29.1 Å². The highest BCUT2D eigenvalue weighted by molar-refractivity contribution is 5.93. The quantitative estimate of drug-likeness (QED) is 0.589. The molecule has 1 aromatic heterocycles. The molecule has 0 spiro atoms. The summed E-state index contributed by atoms with van der Waals surface area (Å²) in [6.07, 6.45) is 0. The van der Waals surface area contributed by atoms with E-state index in [2.05, 4.69) is 10.3 Å². The second kappa shape index (κ2) is 3.06. The van der Waals surface area contributed by atoms with Crippen LogP contribution in [0.1, 0.15) is 0 Å². The number of hydrogen-bond acceptors (Lipinski definition) is 3. The Kier molecular flexibility index (Phi) is 1.89. The molecule has 0 aliphatic carbocycles. The average Bonchev–Trinajstić information content (AvgIpc) is 2.19. The van der Waals surface area contributed by atoms with Crippen LogP contribution in [0, 0.1) is 0 Å². The number of aromatic nitrogens is 1. The number of nitrogen functional groups attached to an aromatic ring is 1. The SMILES string of the molecule is CNc1cc2c(N)cccc2c(=O)[nH]1. The van der Waals surface area contributed by atoms with Gasteiger partial charge in [-0.3, -0.25) is 4.79 Å². The largest absolute Gasteiger partial charge is 0.398 e. The Bertz CT molecular complexity index is 530. The highest BCUT2D eigenvalue weighted by atomic mass is 16.1. The fourth-order valence-electron chi connectivity index (χ4n) is 1.45. The van der Waals surface area contributed by atoms with Crippen LogP contribution in [0.25, 0.3) is 10.8 Å². The van der Waals surface area contributed by atoms with Crippen molar-refractivity contribution in [2.75, 3.05) is 18.1 Å². The first-order chi connectivity index (χ1) is 6.72. The van der Waals surface area contributed by atoms with Crippen molar-refractivity contribution in [2.45, 2.75) is 0 Å². The van der Waals surface area contributed by atoms with Gasteiger partial charge in [-0.1, -0.05) is 6.07 Å². The Morgan fingerprint density at radius 1 is 1.36 bits per heavy atom. The van der Waals surface area contributed by atoms with Crippen LogP contribution in [0.5, 0.6) is 0 Å². The van der Waals surface area contributed by atoms with Crippen molar-refractivity contribution >= 4 is 22.3 Å². The molecular weight excluding hydrogens is 178 g/mol. The Labute approximate surface area is 80.7 Å². The minimum absolute atomic E-state index is 0.126. The molecule has 14 heavy (non-hydrogen) atoms. The first kappa shape index (κ1) is 8.62. The van der Waals surface area contributed by atoms with Gasteiger partial charge in [0.25, 0.3) is 5.56 Å². The molecule has 0 saturated heterocycles. The zero-order chi connectivity index (χ0) is 10.1. The second-order valence-electron chi connectivity index (χ2n) is 3.07. The number of anilines is 2. The predicted molar refractivity (Wildman–Crippen MR) is 58.5 cm³/mol. The van der Waals surface area contributed by atoms with Crippen molar-refractivity contribution in [2.24, 2.45) is 0 Å². The molecular formula is C10H11N3O. The summed E-state index contributed by atoms with van der Waals surface area (Å²) in [5.74, 6) is 0.667. The minimum Gasteiger partial charge on any atom is -0.398 e. The molecule has 0 saturated carbocycles. The second-order valence-corrected chi connectivity index (χ2v) is 3.07. The molecule has 0 unspecified atom stereocenters. The molecule has 4 N–H and O–H groups in total. The van der Waals surface area contributed by atoms with E-state index in [1.165, 1.54) is 0 Å². The molecule has 0 fully saturated rings. The Morgan fingerprint density at radius 3 is 2.86 bits per heavy atom. The molecule has 4 nitrogen and oxygen atoms in total. The zero-order valence-corrected chi connectivity index (χ0v) is 7.79. The van der Waals surface area contributed by atoms with Crippen molar-refractivity contribution in [1.29, 1.82) is 0 Å². The van der Waals surface area contributed by atoms with Crippen molar-refractivity contribution in [3.8, 4) is 0 Å². The highest BCUT2D eigenvalue weighted by Gasteiger charge is 2.02. The molecule has 0 aliphatic heterocycles. The molecule has 0 amide bonds. The lowest BCUT2D eigenvalue weighted by molar-refractivity contribution is 1.25. The van der Waals surface area contributed by atoms with Crippen molar-refractivity contribution < 1.29 is 0 Å².